The van der Waals surface area contributed by atoms with Gasteiger partial charge in [0.1, 0.15) is 5.75 Å². The molecule has 0 aliphatic heterocycles. The Balaban J connectivity index is 2.67. The highest BCUT2D eigenvalue weighted by molar-refractivity contribution is 9.10. The summed E-state index contributed by atoms with van der Waals surface area (Å²) in [6, 6.07) is 4.54. The van der Waals surface area contributed by atoms with Gasteiger partial charge in [0.2, 0.25) is 4.32 Å². The molecule has 0 aromatic heterocycles. The maximum atomic E-state index is 10.9. The zero-order valence-corrected chi connectivity index (χ0v) is 12.5. The Morgan fingerprint density at radius 2 is 1.84 bits per heavy atom. The molecule has 0 unspecified atom stereocenters. The molecule has 0 fully saturated rings. The minimum absolute atomic E-state index is 0.134. The van der Waals surface area contributed by atoms with Gasteiger partial charge < -0.3 is 14.9 Å². The number of carboxylic acid groups (broad SMARTS) is 2. The molecule has 0 aliphatic rings. The minimum Gasteiger partial charge on any atom is -0.492 e. The third kappa shape index (κ3) is 3.99. The highest BCUT2D eigenvalue weighted by atomic mass is 79.9. The monoisotopic (exact) mass is 370 g/mol. The van der Waals surface area contributed by atoms with Crippen molar-refractivity contribution in [1.82, 2.24) is 0 Å². The quantitative estimate of drug-likeness (QED) is 0.593. The van der Waals surface area contributed by atoms with Gasteiger partial charge in [0.25, 0.3) is 0 Å². The molecule has 0 atom stereocenters. The smallest absolute Gasteiger partial charge is 0.332 e. The molecule has 0 bridgehead atoms. The summed E-state index contributed by atoms with van der Waals surface area (Å²) in [4.78, 5) is 21.8. The second-order valence-electron chi connectivity index (χ2n) is 3.58. The molecule has 1 rings (SSSR count). The van der Waals surface area contributed by atoms with Gasteiger partial charge in [0.05, 0.1) is 11.6 Å². The molecule has 0 radical (unpaired) electrons. The molecule has 0 amide bonds. The van der Waals surface area contributed by atoms with Gasteiger partial charge >= 0.3 is 11.9 Å². The highest BCUT2D eigenvalue weighted by Crippen LogP contribution is 2.29. The number of alkyl halides is 1. The van der Waals surface area contributed by atoms with Crippen LogP contribution in [0, 0.1) is 0 Å². The molecule has 0 saturated carbocycles. The molecular formula is C11H9BrCl2O5. The number of carbonyl (C=O) groups is 2. The molecule has 8 heteroatoms. The van der Waals surface area contributed by atoms with E-state index in [9.17, 15) is 9.59 Å². The van der Waals surface area contributed by atoms with Crippen LogP contribution < -0.4 is 4.74 Å². The first-order valence-electron chi connectivity index (χ1n) is 5.01. The van der Waals surface area contributed by atoms with Gasteiger partial charge in [0.15, 0.2) is 0 Å². The van der Waals surface area contributed by atoms with Crippen LogP contribution in [0.2, 0.25) is 10.0 Å². The van der Waals surface area contributed by atoms with Crippen molar-refractivity contribution >= 4 is 51.1 Å². The fourth-order valence-corrected chi connectivity index (χ4v) is 1.82. The van der Waals surface area contributed by atoms with E-state index in [1.54, 1.807) is 6.07 Å². The van der Waals surface area contributed by atoms with Crippen molar-refractivity contribution in [3.8, 4) is 5.75 Å². The van der Waals surface area contributed by atoms with Gasteiger partial charge in [-0.05, 0) is 18.2 Å². The zero-order valence-electron chi connectivity index (χ0n) is 9.40. The van der Waals surface area contributed by atoms with Crippen molar-refractivity contribution in [1.29, 1.82) is 0 Å². The Labute approximate surface area is 127 Å². The average Bonchev–Trinajstić information content (AvgIpc) is 2.31. The Hall–Kier alpha value is -0.980. The van der Waals surface area contributed by atoms with Crippen LogP contribution in [0.15, 0.2) is 18.2 Å². The van der Waals surface area contributed by atoms with Crippen LogP contribution in [-0.4, -0.2) is 33.1 Å². The van der Waals surface area contributed by atoms with Gasteiger partial charge in [-0.2, -0.15) is 0 Å². The first-order chi connectivity index (χ1) is 8.77. The highest BCUT2D eigenvalue weighted by Gasteiger charge is 2.44. The van der Waals surface area contributed by atoms with E-state index in [4.69, 9.17) is 38.2 Å². The van der Waals surface area contributed by atoms with E-state index in [2.05, 4.69) is 15.9 Å². The summed E-state index contributed by atoms with van der Waals surface area (Å²) in [5.41, 5.74) is 0. The summed E-state index contributed by atoms with van der Waals surface area (Å²) in [5, 5.41) is 18.4. The van der Waals surface area contributed by atoms with E-state index in [1.165, 1.54) is 12.1 Å². The fourth-order valence-electron chi connectivity index (χ4n) is 1.20. The lowest BCUT2D eigenvalue weighted by atomic mass is 10.1. The summed E-state index contributed by atoms with van der Waals surface area (Å²) >= 11 is 14.2. The van der Waals surface area contributed by atoms with Gasteiger partial charge in [-0.25, -0.2) is 0 Å². The van der Waals surface area contributed by atoms with Crippen LogP contribution in [0.3, 0.4) is 0 Å². The van der Waals surface area contributed by atoms with E-state index in [0.29, 0.717) is 10.8 Å². The van der Waals surface area contributed by atoms with E-state index in [0.717, 1.165) is 0 Å². The minimum atomic E-state index is -2.08. The maximum Gasteiger partial charge on any atom is 0.332 e. The summed E-state index contributed by atoms with van der Waals surface area (Å²) in [5.74, 6) is -2.69. The van der Waals surface area contributed by atoms with E-state index in [-0.39, 0.29) is 18.1 Å². The van der Waals surface area contributed by atoms with Crippen molar-refractivity contribution in [3.05, 3.63) is 28.2 Å². The molecule has 1 aromatic rings. The van der Waals surface area contributed by atoms with Gasteiger partial charge in [-0.3, -0.25) is 9.59 Å². The third-order valence-electron chi connectivity index (χ3n) is 2.28. The molecule has 5 nitrogen and oxygen atoms in total. The van der Waals surface area contributed by atoms with Crippen molar-refractivity contribution < 1.29 is 24.5 Å². The predicted molar refractivity (Wildman–Crippen MR) is 73.5 cm³/mol. The van der Waals surface area contributed by atoms with Crippen molar-refractivity contribution in [2.45, 2.75) is 10.7 Å². The average molecular weight is 372 g/mol. The SMILES string of the molecule is O=C(O)C(Br)(CCOc1ccc(Cl)cc1Cl)C(=O)O. The van der Waals surface area contributed by atoms with Crippen LogP contribution in [0.25, 0.3) is 0 Å². The number of carboxylic acids is 2. The van der Waals surface area contributed by atoms with Gasteiger partial charge in [-0.15, -0.1) is 0 Å². The molecule has 1 aromatic carbocycles. The molecular weight excluding hydrogens is 363 g/mol. The zero-order chi connectivity index (χ0) is 14.6. The van der Waals surface area contributed by atoms with Crippen LogP contribution in [0.4, 0.5) is 0 Å². The number of ether oxygens (including phenoxy) is 1. The molecule has 2 N–H and O–H groups in total. The van der Waals surface area contributed by atoms with E-state index in [1.807, 2.05) is 0 Å². The van der Waals surface area contributed by atoms with Crippen molar-refractivity contribution in [2.75, 3.05) is 6.61 Å². The molecule has 104 valence electrons. The van der Waals surface area contributed by atoms with Crippen LogP contribution in [0.5, 0.6) is 5.75 Å². The Bertz CT molecular complexity index is 492. The number of benzene rings is 1. The molecule has 0 aliphatic carbocycles. The summed E-state index contributed by atoms with van der Waals surface area (Å²) in [6.07, 6.45) is -0.267. The summed E-state index contributed by atoms with van der Waals surface area (Å²) in [7, 11) is 0. The maximum absolute atomic E-state index is 10.9. The second kappa shape index (κ2) is 6.45. The number of rotatable bonds is 6. The third-order valence-corrected chi connectivity index (χ3v) is 3.88. The largest absolute Gasteiger partial charge is 0.492 e. The Morgan fingerprint density at radius 3 is 2.32 bits per heavy atom. The first kappa shape index (κ1) is 16.1. The van der Waals surface area contributed by atoms with Gasteiger partial charge in [0, 0.05) is 11.4 Å². The predicted octanol–water partition coefficient (Wildman–Crippen LogP) is 3.07. The van der Waals surface area contributed by atoms with Crippen molar-refractivity contribution in [3.63, 3.8) is 0 Å². The van der Waals surface area contributed by atoms with E-state index >= 15 is 0 Å². The Kier molecular flexibility index (Phi) is 5.46. The topological polar surface area (TPSA) is 83.8 Å². The van der Waals surface area contributed by atoms with Gasteiger partial charge in [-0.1, -0.05) is 39.1 Å². The molecule has 0 saturated heterocycles. The number of aliphatic carboxylic acids is 2. The second-order valence-corrected chi connectivity index (χ2v) is 5.78. The lowest BCUT2D eigenvalue weighted by Gasteiger charge is -2.18. The molecule has 19 heavy (non-hydrogen) atoms. The van der Waals surface area contributed by atoms with E-state index < -0.39 is 16.3 Å². The normalized spacial score (nSPS) is 11.1. The van der Waals surface area contributed by atoms with Crippen molar-refractivity contribution in [2.24, 2.45) is 0 Å². The standard InChI is InChI=1S/C11H9BrCl2O5/c12-11(9(15)16,10(17)18)3-4-19-8-2-1-6(13)5-7(8)14/h1-2,5H,3-4H2,(H,15,16)(H,17,18). The number of halogens is 3. The fraction of sp³-hybridized carbons (Fsp3) is 0.273. The summed E-state index contributed by atoms with van der Waals surface area (Å²) < 4.78 is 3.16. The molecule has 0 spiro atoms. The Morgan fingerprint density at radius 1 is 1.26 bits per heavy atom. The van der Waals surface area contributed by atoms with Crippen LogP contribution >= 0.6 is 39.1 Å². The lowest BCUT2D eigenvalue weighted by Crippen LogP contribution is -2.41. The number of hydrogen-bond acceptors (Lipinski definition) is 3. The molecule has 0 heterocycles. The first-order valence-corrected chi connectivity index (χ1v) is 6.56. The summed E-state index contributed by atoms with van der Waals surface area (Å²) in [6.45, 7) is -0.134. The van der Waals surface area contributed by atoms with Crippen LogP contribution in [-0.2, 0) is 9.59 Å². The van der Waals surface area contributed by atoms with Crippen LogP contribution in [0.1, 0.15) is 6.42 Å². The lowest BCUT2D eigenvalue weighted by molar-refractivity contribution is -0.151. The number of hydrogen-bond donors (Lipinski definition) is 2.